The molecule has 0 aliphatic carbocycles. The third-order valence-electron chi connectivity index (χ3n) is 3.36. The first-order chi connectivity index (χ1) is 9.77. The van der Waals surface area contributed by atoms with Crippen LogP contribution in [0.3, 0.4) is 0 Å². The van der Waals surface area contributed by atoms with Crippen LogP contribution in [0.4, 0.5) is 0 Å². The zero-order valence-electron chi connectivity index (χ0n) is 12.1. The lowest BCUT2D eigenvalue weighted by atomic mass is 9.95. The van der Waals surface area contributed by atoms with E-state index in [1.54, 1.807) is 0 Å². The van der Waals surface area contributed by atoms with Gasteiger partial charge in [-0.25, -0.2) is 5.43 Å². The molecule has 106 valence electrons. The van der Waals surface area contributed by atoms with Crippen LogP contribution >= 0.6 is 0 Å². The Morgan fingerprint density at radius 2 is 1.70 bits per heavy atom. The summed E-state index contributed by atoms with van der Waals surface area (Å²) in [5.41, 5.74) is 6.36. The minimum atomic E-state index is -0.0655. The molecule has 0 radical (unpaired) electrons. The summed E-state index contributed by atoms with van der Waals surface area (Å²) in [6, 6.07) is 16.2. The molecule has 1 atom stereocenters. The summed E-state index contributed by atoms with van der Waals surface area (Å²) in [5.74, 6) is 6.69. The first kappa shape index (κ1) is 14.6. The summed E-state index contributed by atoms with van der Waals surface area (Å²) >= 11 is 0. The van der Waals surface area contributed by atoms with Crippen molar-refractivity contribution in [2.75, 3.05) is 6.61 Å². The molecule has 1 unspecified atom stereocenters. The number of hydrogen-bond donors (Lipinski definition) is 2. The Kier molecular flexibility index (Phi) is 5.16. The van der Waals surface area contributed by atoms with E-state index in [2.05, 4.69) is 37.5 Å². The van der Waals surface area contributed by atoms with Crippen molar-refractivity contribution in [3.05, 3.63) is 65.2 Å². The maximum atomic E-state index is 5.83. The van der Waals surface area contributed by atoms with Gasteiger partial charge in [0.1, 0.15) is 5.75 Å². The van der Waals surface area contributed by atoms with Gasteiger partial charge in [0.25, 0.3) is 0 Å². The van der Waals surface area contributed by atoms with Gasteiger partial charge in [0.2, 0.25) is 0 Å². The molecule has 0 spiro atoms. The Morgan fingerprint density at radius 1 is 1.05 bits per heavy atom. The standard InChI is InChI=1S/C17H22N2O/c1-3-12-20-16-11-7-6-10-15(16)17(19-18)14-9-5-4-8-13(14)2/h4-11,17,19H,3,12,18H2,1-2H3. The van der Waals surface area contributed by atoms with E-state index in [-0.39, 0.29) is 6.04 Å². The second-order valence-electron chi connectivity index (χ2n) is 4.84. The number of hydrogen-bond acceptors (Lipinski definition) is 3. The largest absolute Gasteiger partial charge is 0.493 e. The van der Waals surface area contributed by atoms with Crippen molar-refractivity contribution in [1.29, 1.82) is 0 Å². The summed E-state index contributed by atoms with van der Waals surface area (Å²) < 4.78 is 5.83. The van der Waals surface area contributed by atoms with Gasteiger partial charge in [0, 0.05) is 5.56 Å². The quantitative estimate of drug-likeness (QED) is 0.625. The second kappa shape index (κ2) is 7.08. The molecule has 2 aromatic rings. The Bertz CT molecular complexity index is 554. The minimum absolute atomic E-state index is 0.0655. The lowest BCUT2D eigenvalue weighted by Gasteiger charge is -2.21. The van der Waals surface area contributed by atoms with Gasteiger partial charge in [-0.15, -0.1) is 0 Å². The molecule has 20 heavy (non-hydrogen) atoms. The van der Waals surface area contributed by atoms with Gasteiger partial charge >= 0.3 is 0 Å². The topological polar surface area (TPSA) is 47.3 Å². The molecule has 0 amide bonds. The van der Waals surface area contributed by atoms with E-state index in [9.17, 15) is 0 Å². The van der Waals surface area contributed by atoms with Crippen molar-refractivity contribution in [2.45, 2.75) is 26.3 Å². The number of nitrogens with one attached hydrogen (secondary N) is 1. The molecule has 0 aromatic heterocycles. The van der Waals surface area contributed by atoms with Gasteiger partial charge in [0.15, 0.2) is 0 Å². The molecule has 0 aliphatic rings. The highest BCUT2D eigenvalue weighted by molar-refractivity contribution is 5.43. The van der Waals surface area contributed by atoms with Crippen LogP contribution in [0.2, 0.25) is 0 Å². The number of aryl methyl sites for hydroxylation is 1. The monoisotopic (exact) mass is 270 g/mol. The number of nitrogens with two attached hydrogens (primary N) is 1. The normalized spacial score (nSPS) is 12.2. The van der Waals surface area contributed by atoms with Gasteiger partial charge in [-0.1, -0.05) is 49.4 Å². The molecule has 3 nitrogen and oxygen atoms in total. The highest BCUT2D eigenvalue weighted by atomic mass is 16.5. The van der Waals surface area contributed by atoms with Crippen LogP contribution in [0.5, 0.6) is 5.75 Å². The van der Waals surface area contributed by atoms with Crippen molar-refractivity contribution in [3.8, 4) is 5.75 Å². The first-order valence-electron chi connectivity index (χ1n) is 7.01. The highest BCUT2D eigenvalue weighted by Crippen LogP contribution is 2.31. The third kappa shape index (κ3) is 3.18. The summed E-state index contributed by atoms with van der Waals surface area (Å²) in [5, 5.41) is 0. The fourth-order valence-corrected chi connectivity index (χ4v) is 2.32. The van der Waals surface area contributed by atoms with Crippen LogP contribution < -0.4 is 16.0 Å². The second-order valence-corrected chi connectivity index (χ2v) is 4.84. The van der Waals surface area contributed by atoms with Crippen molar-refractivity contribution in [1.82, 2.24) is 5.43 Å². The number of ether oxygens (including phenoxy) is 1. The molecule has 3 heteroatoms. The molecule has 0 bridgehead atoms. The number of rotatable bonds is 6. The number of para-hydroxylation sites is 1. The van der Waals surface area contributed by atoms with Crippen molar-refractivity contribution in [3.63, 3.8) is 0 Å². The Hall–Kier alpha value is -1.84. The van der Waals surface area contributed by atoms with E-state index in [0.717, 1.165) is 17.7 Å². The van der Waals surface area contributed by atoms with Crippen LogP contribution in [0.25, 0.3) is 0 Å². The van der Waals surface area contributed by atoms with E-state index in [1.165, 1.54) is 11.1 Å². The lowest BCUT2D eigenvalue weighted by molar-refractivity contribution is 0.311. The molecule has 0 saturated heterocycles. The van der Waals surface area contributed by atoms with Gasteiger partial charge in [-0.05, 0) is 30.5 Å². The van der Waals surface area contributed by atoms with Crippen molar-refractivity contribution >= 4 is 0 Å². The van der Waals surface area contributed by atoms with Gasteiger partial charge in [-0.2, -0.15) is 0 Å². The van der Waals surface area contributed by atoms with Crippen LogP contribution in [-0.2, 0) is 0 Å². The molecule has 2 aromatic carbocycles. The molecular formula is C17H22N2O. The van der Waals surface area contributed by atoms with Crippen molar-refractivity contribution in [2.24, 2.45) is 5.84 Å². The number of hydrazine groups is 1. The van der Waals surface area contributed by atoms with Crippen LogP contribution in [0.15, 0.2) is 48.5 Å². The Labute approximate surface area is 120 Å². The Morgan fingerprint density at radius 3 is 2.35 bits per heavy atom. The van der Waals surface area contributed by atoms with E-state index in [4.69, 9.17) is 10.6 Å². The minimum Gasteiger partial charge on any atom is -0.493 e. The zero-order chi connectivity index (χ0) is 14.4. The van der Waals surface area contributed by atoms with Gasteiger partial charge < -0.3 is 4.74 Å². The fraction of sp³-hybridized carbons (Fsp3) is 0.294. The number of benzene rings is 2. The molecular weight excluding hydrogens is 248 g/mol. The summed E-state index contributed by atoms with van der Waals surface area (Å²) in [7, 11) is 0. The van der Waals surface area contributed by atoms with E-state index >= 15 is 0 Å². The molecule has 0 heterocycles. The lowest BCUT2D eigenvalue weighted by Crippen LogP contribution is -2.29. The van der Waals surface area contributed by atoms with E-state index < -0.39 is 0 Å². The van der Waals surface area contributed by atoms with Crippen LogP contribution in [0.1, 0.15) is 36.1 Å². The molecule has 3 N–H and O–H groups in total. The summed E-state index contributed by atoms with van der Waals surface area (Å²) in [6.07, 6.45) is 0.986. The predicted octanol–water partition coefficient (Wildman–Crippen LogP) is 3.34. The first-order valence-corrected chi connectivity index (χ1v) is 7.01. The maximum Gasteiger partial charge on any atom is 0.124 e. The van der Waals surface area contributed by atoms with Crippen LogP contribution in [0, 0.1) is 6.92 Å². The smallest absolute Gasteiger partial charge is 0.124 e. The molecule has 0 fully saturated rings. The van der Waals surface area contributed by atoms with Gasteiger partial charge in [-0.3, -0.25) is 5.84 Å². The van der Waals surface area contributed by atoms with Crippen molar-refractivity contribution < 1.29 is 4.74 Å². The van der Waals surface area contributed by atoms with Gasteiger partial charge in [0.05, 0.1) is 12.6 Å². The summed E-state index contributed by atoms with van der Waals surface area (Å²) in [6.45, 7) is 4.90. The van der Waals surface area contributed by atoms with Crippen LogP contribution in [-0.4, -0.2) is 6.61 Å². The predicted molar refractivity (Wildman–Crippen MR) is 82.6 cm³/mol. The van der Waals surface area contributed by atoms with E-state index in [0.29, 0.717) is 6.61 Å². The molecule has 0 saturated carbocycles. The van der Waals surface area contributed by atoms with E-state index in [1.807, 2.05) is 30.3 Å². The average Bonchev–Trinajstić information content (AvgIpc) is 2.49. The maximum absolute atomic E-state index is 5.83. The molecule has 2 rings (SSSR count). The highest BCUT2D eigenvalue weighted by Gasteiger charge is 2.18. The fourth-order valence-electron chi connectivity index (χ4n) is 2.32. The molecule has 0 aliphatic heterocycles. The third-order valence-corrected chi connectivity index (χ3v) is 3.36. The SMILES string of the molecule is CCCOc1ccccc1C(NN)c1ccccc1C. The summed E-state index contributed by atoms with van der Waals surface area (Å²) in [4.78, 5) is 0. The Balaban J connectivity index is 2.39. The average molecular weight is 270 g/mol. The zero-order valence-corrected chi connectivity index (χ0v) is 12.1.